The SMILES string of the molecule is Nc1ccc(-c2ccc3c(c2)C2(c4cc(-c5ccc(-c6nc(-c7ccccc7)nc(-c7ccccc7)n6)cc5)ccc4S3)c3ccccc3-c3c2ccc2ccccc32)cc1. The molecular formula is C56H36N4S. The first-order valence-corrected chi connectivity index (χ1v) is 21.4. The van der Waals surface area contributed by atoms with Crippen LogP contribution in [0.2, 0.25) is 0 Å². The summed E-state index contributed by atoms with van der Waals surface area (Å²) in [5.74, 6) is 1.94. The molecule has 0 fully saturated rings. The molecule has 1 spiro atoms. The first-order chi connectivity index (χ1) is 30.1. The van der Waals surface area contributed by atoms with Gasteiger partial charge in [-0.25, -0.2) is 15.0 Å². The van der Waals surface area contributed by atoms with Gasteiger partial charge in [0.15, 0.2) is 17.5 Å². The second-order valence-electron chi connectivity index (χ2n) is 15.8. The van der Waals surface area contributed by atoms with Crippen molar-refractivity contribution in [3.8, 4) is 67.5 Å². The van der Waals surface area contributed by atoms with Gasteiger partial charge in [-0.05, 0) is 103 Å². The highest BCUT2D eigenvalue weighted by molar-refractivity contribution is 7.99. The average molecular weight is 797 g/mol. The molecule has 12 rings (SSSR count). The minimum Gasteiger partial charge on any atom is -0.399 e. The van der Waals surface area contributed by atoms with Crippen LogP contribution in [-0.2, 0) is 5.41 Å². The summed E-state index contributed by atoms with van der Waals surface area (Å²) >= 11 is 1.86. The molecule has 4 nitrogen and oxygen atoms in total. The molecule has 10 aromatic rings. The van der Waals surface area contributed by atoms with E-state index in [0.717, 1.165) is 39.1 Å². The number of anilines is 1. The number of aromatic nitrogens is 3. The van der Waals surface area contributed by atoms with Gasteiger partial charge in [-0.2, -0.15) is 0 Å². The fourth-order valence-electron chi connectivity index (χ4n) is 9.50. The molecule has 2 N–H and O–H groups in total. The van der Waals surface area contributed by atoms with Crippen LogP contribution >= 0.6 is 11.8 Å². The number of benzene rings is 9. The molecule has 1 atom stereocenters. The van der Waals surface area contributed by atoms with Crippen LogP contribution in [0.4, 0.5) is 5.69 Å². The lowest BCUT2D eigenvalue weighted by atomic mass is 9.66. The Labute approximate surface area is 358 Å². The lowest BCUT2D eigenvalue weighted by Crippen LogP contribution is -2.32. The zero-order valence-corrected chi connectivity index (χ0v) is 33.8. The van der Waals surface area contributed by atoms with Crippen molar-refractivity contribution in [2.24, 2.45) is 0 Å². The van der Waals surface area contributed by atoms with Gasteiger partial charge in [0.2, 0.25) is 0 Å². The molecule has 0 radical (unpaired) electrons. The maximum Gasteiger partial charge on any atom is 0.164 e. The molecule has 1 aromatic heterocycles. The van der Waals surface area contributed by atoms with Crippen molar-refractivity contribution in [2.75, 3.05) is 5.73 Å². The summed E-state index contributed by atoms with van der Waals surface area (Å²) in [5.41, 5.74) is 21.6. The monoisotopic (exact) mass is 796 g/mol. The van der Waals surface area contributed by atoms with Gasteiger partial charge >= 0.3 is 0 Å². The molecule has 0 saturated carbocycles. The summed E-state index contributed by atoms with van der Waals surface area (Å²) in [4.78, 5) is 17.4. The fourth-order valence-corrected chi connectivity index (χ4v) is 10.7. The standard InChI is InChI=1S/C56H36N4S/c57-43-28-23-36(24-29-43)42-27-32-51-49(34-42)56(46-18-10-9-17-45(46)52-44-16-8-7-11-37(44)25-30-47(52)56)48-33-41(26-31-50(48)61-51)35-19-21-40(22-20-35)55-59-53(38-12-3-1-4-13-38)58-54(60-55)39-14-5-2-6-15-39/h1-34H,57H2. The van der Waals surface area contributed by atoms with Crippen LogP contribution in [0.1, 0.15) is 22.3 Å². The molecule has 2 heterocycles. The highest BCUT2D eigenvalue weighted by atomic mass is 32.2. The highest BCUT2D eigenvalue weighted by Gasteiger charge is 2.51. The van der Waals surface area contributed by atoms with Gasteiger partial charge in [-0.3, -0.25) is 0 Å². The Balaban J connectivity index is 1.04. The third kappa shape index (κ3) is 5.66. The minimum absolute atomic E-state index is 0.557. The van der Waals surface area contributed by atoms with E-state index in [-0.39, 0.29) is 0 Å². The van der Waals surface area contributed by atoms with Crippen molar-refractivity contribution in [1.29, 1.82) is 0 Å². The molecule has 2 aliphatic rings. The highest BCUT2D eigenvalue weighted by Crippen LogP contribution is 2.63. The van der Waals surface area contributed by atoms with E-state index in [4.69, 9.17) is 20.7 Å². The molecule has 1 aliphatic carbocycles. The molecule has 286 valence electrons. The molecule has 5 heteroatoms. The largest absolute Gasteiger partial charge is 0.399 e. The maximum absolute atomic E-state index is 6.16. The second kappa shape index (κ2) is 14.0. The van der Waals surface area contributed by atoms with Crippen LogP contribution in [0.5, 0.6) is 0 Å². The number of rotatable bonds is 5. The van der Waals surface area contributed by atoms with Crippen LogP contribution < -0.4 is 5.73 Å². The van der Waals surface area contributed by atoms with E-state index in [1.54, 1.807) is 0 Å². The van der Waals surface area contributed by atoms with Crippen LogP contribution in [-0.4, -0.2) is 15.0 Å². The summed E-state index contributed by atoms with van der Waals surface area (Å²) in [6.07, 6.45) is 0. The van der Waals surface area contributed by atoms with E-state index in [1.807, 2.05) is 84.6 Å². The molecule has 1 unspecified atom stereocenters. The zero-order chi connectivity index (χ0) is 40.5. The first-order valence-electron chi connectivity index (χ1n) is 20.5. The van der Waals surface area contributed by atoms with Gasteiger partial charge in [0, 0.05) is 32.2 Å². The van der Waals surface area contributed by atoms with E-state index in [9.17, 15) is 0 Å². The van der Waals surface area contributed by atoms with Crippen molar-refractivity contribution in [3.63, 3.8) is 0 Å². The maximum atomic E-state index is 6.16. The third-order valence-corrected chi connectivity index (χ3v) is 13.5. The van der Waals surface area contributed by atoms with E-state index in [1.165, 1.54) is 59.5 Å². The van der Waals surface area contributed by atoms with E-state index < -0.39 is 5.41 Å². The molecule has 0 saturated heterocycles. The Hall–Kier alpha value is -7.60. The second-order valence-corrected chi connectivity index (χ2v) is 16.9. The van der Waals surface area contributed by atoms with Crippen molar-refractivity contribution in [3.05, 3.63) is 229 Å². The summed E-state index contributed by atoms with van der Waals surface area (Å²) in [6.45, 7) is 0. The number of hydrogen-bond donors (Lipinski definition) is 1. The molecule has 1 aliphatic heterocycles. The number of hydrogen-bond acceptors (Lipinski definition) is 5. The summed E-state index contributed by atoms with van der Waals surface area (Å²) in [5, 5.41) is 2.52. The predicted molar refractivity (Wildman–Crippen MR) is 250 cm³/mol. The van der Waals surface area contributed by atoms with Gasteiger partial charge in [0.05, 0.1) is 5.41 Å². The smallest absolute Gasteiger partial charge is 0.164 e. The topological polar surface area (TPSA) is 64.7 Å². The summed E-state index contributed by atoms with van der Waals surface area (Å²) in [7, 11) is 0. The van der Waals surface area contributed by atoms with Crippen molar-refractivity contribution >= 4 is 28.2 Å². The first kappa shape index (κ1) is 35.4. The lowest BCUT2D eigenvalue weighted by Gasteiger charge is -2.40. The minimum atomic E-state index is -0.557. The van der Waals surface area contributed by atoms with Gasteiger partial charge in [-0.15, -0.1) is 0 Å². The normalized spacial score (nSPS) is 14.6. The van der Waals surface area contributed by atoms with Gasteiger partial charge in [-0.1, -0.05) is 182 Å². The van der Waals surface area contributed by atoms with Crippen LogP contribution in [0.25, 0.3) is 78.3 Å². The Kier molecular flexibility index (Phi) is 8.12. The fraction of sp³-hybridized carbons (Fsp3) is 0.0179. The molecular weight excluding hydrogens is 761 g/mol. The van der Waals surface area contributed by atoms with Crippen LogP contribution in [0, 0.1) is 0 Å². The average Bonchev–Trinajstić information content (AvgIpc) is 3.63. The third-order valence-electron chi connectivity index (χ3n) is 12.3. The Bertz CT molecular complexity index is 3270. The molecule has 61 heavy (non-hydrogen) atoms. The van der Waals surface area contributed by atoms with E-state index in [0.29, 0.717) is 17.5 Å². The Morgan fingerprint density at radius 3 is 1.44 bits per heavy atom. The number of nitrogen functional groups attached to an aromatic ring is 1. The van der Waals surface area contributed by atoms with Gasteiger partial charge in [0.25, 0.3) is 0 Å². The lowest BCUT2D eigenvalue weighted by molar-refractivity contribution is 0.723. The quantitative estimate of drug-likeness (QED) is 0.176. The number of nitrogens with zero attached hydrogens (tertiary/aromatic N) is 3. The van der Waals surface area contributed by atoms with Gasteiger partial charge in [0.1, 0.15) is 0 Å². The number of fused-ring (bicyclic) bond motifs is 11. The molecule has 9 aromatic carbocycles. The van der Waals surface area contributed by atoms with E-state index in [2.05, 4.69) is 133 Å². The summed E-state index contributed by atoms with van der Waals surface area (Å²) < 4.78 is 0. The molecule has 0 bridgehead atoms. The number of nitrogens with two attached hydrogens (primary N) is 1. The van der Waals surface area contributed by atoms with Crippen LogP contribution in [0.3, 0.4) is 0 Å². The zero-order valence-electron chi connectivity index (χ0n) is 33.0. The molecule has 0 amide bonds. The summed E-state index contributed by atoms with van der Waals surface area (Å²) in [6, 6.07) is 73.8. The Morgan fingerprint density at radius 1 is 0.361 bits per heavy atom. The van der Waals surface area contributed by atoms with Crippen LogP contribution in [0.15, 0.2) is 216 Å². The van der Waals surface area contributed by atoms with Crippen molar-refractivity contribution in [1.82, 2.24) is 15.0 Å². The van der Waals surface area contributed by atoms with Crippen molar-refractivity contribution < 1.29 is 0 Å². The van der Waals surface area contributed by atoms with Gasteiger partial charge < -0.3 is 5.73 Å². The van der Waals surface area contributed by atoms with E-state index >= 15 is 0 Å². The Morgan fingerprint density at radius 2 is 0.836 bits per heavy atom. The van der Waals surface area contributed by atoms with Crippen molar-refractivity contribution in [2.45, 2.75) is 15.2 Å². The predicted octanol–water partition coefficient (Wildman–Crippen LogP) is 13.8.